The van der Waals surface area contributed by atoms with Crippen molar-refractivity contribution in [1.29, 1.82) is 0 Å². The third kappa shape index (κ3) is 4.55. The maximum Gasteiger partial charge on any atom is 0.435 e. The summed E-state index contributed by atoms with van der Waals surface area (Å²) in [6.07, 6.45) is -9.77. The van der Waals surface area contributed by atoms with Crippen LogP contribution in [0.2, 0.25) is 4.34 Å². The highest BCUT2D eigenvalue weighted by Crippen LogP contribution is 2.39. The first kappa shape index (κ1) is 24.9. The summed E-state index contributed by atoms with van der Waals surface area (Å²) in [7, 11) is 0.846. The molecule has 0 bridgehead atoms. The Bertz CT molecular complexity index is 1600. The lowest BCUT2D eigenvalue weighted by molar-refractivity contribution is -0.144. The number of rotatable bonds is 3. The molecule has 17 heteroatoms. The van der Waals surface area contributed by atoms with E-state index in [9.17, 15) is 40.7 Å². The highest BCUT2D eigenvalue weighted by Gasteiger charge is 2.38. The van der Waals surface area contributed by atoms with Gasteiger partial charge in [-0.05, 0) is 29.7 Å². The Morgan fingerprint density at radius 1 is 1.09 bits per heavy atom. The van der Waals surface area contributed by atoms with Crippen LogP contribution in [-0.4, -0.2) is 24.4 Å². The fourth-order valence-electron chi connectivity index (χ4n) is 3.05. The predicted molar refractivity (Wildman–Crippen MR) is 116 cm³/mol. The van der Waals surface area contributed by atoms with E-state index in [1.54, 1.807) is 0 Å². The van der Waals surface area contributed by atoms with Gasteiger partial charge < -0.3 is 0 Å². The minimum atomic E-state index is -4.94. The number of halogens is 7. The van der Waals surface area contributed by atoms with E-state index in [4.69, 9.17) is 11.6 Å². The lowest BCUT2D eigenvalue weighted by atomic mass is 10.2. The molecule has 0 unspecified atom stereocenters. The highest BCUT2D eigenvalue weighted by molar-refractivity contribution is 7.19. The zero-order valence-corrected chi connectivity index (χ0v) is 19.2. The Morgan fingerprint density at radius 2 is 1.77 bits per heavy atom. The normalized spacial score (nSPS) is 12.3. The van der Waals surface area contributed by atoms with Crippen LogP contribution >= 0.6 is 34.5 Å². The van der Waals surface area contributed by atoms with Crippen LogP contribution < -0.4 is 16.6 Å². The van der Waals surface area contributed by atoms with Gasteiger partial charge in [-0.15, -0.1) is 0 Å². The summed E-state index contributed by atoms with van der Waals surface area (Å²) in [6.45, 7) is 0. The average molecular weight is 556 g/mol. The molecule has 4 aromatic rings. The number of aromatic nitrogens is 4. The van der Waals surface area contributed by atoms with E-state index in [-0.39, 0.29) is 27.4 Å². The number of amides is 1. The van der Waals surface area contributed by atoms with Crippen molar-refractivity contribution in [3.63, 3.8) is 0 Å². The summed E-state index contributed by atoms with van der Waals surface area (Å²) in [5, 5.41) is 1.80. The molecule has 0 saturated heterocycles. The van der Waals surface area contributed by atoms with E-state index < -0.39 is 50.4 Å². The number of benzene rings is 1. The molecular weight excluding hydrogens is 548 g/mol. The van der Waals surface area contributed by atoms with Crippen molar-refractivity contribution in [1.82, 2.24) is 18.5 Å². The van der Waals surface area contributed by atoms with Crippen LogP contribution in [0, 0.1) is 0 Å². The smallest absolute Gasteiger partial charge is 0.296 e. The van der Waals surface area contributed by atoms with Crippen LogP contribution in [0.4, 0.5) is 31.5 Å². The number of fused-ring (bicyclic) bond motifs is 1. The van der Waals surface area contributed by atoms with Crippen LogP contribution in [0.1, 0.15) is 21.9 Å². The zero-order valence-electron chi connectivity index (χ0n) is 16.8. The fraction of sp³-hybridized carbons (Fsp3) is 0.167. The van der Waals surface area contributed by atoms with Gasteiger partial charge in [0.05, 0.1) is 10.4 Å². The fourth-order valence-corrected chi connectivity index (χ4v) is 4.88. The summed E-state index contributed by atoms with van der Waals surface area (Å²) in [4.78, 5) is 40.8. The van der Waals surface area contributed by atoms with Crippen molar-refractivity contribution in [3.8, 4) is 5.69 Å². The number of hydrogen-bond donors (Lipinski definition) is 1. The number of nitrogens with zero attached hydrogens (tertiary/aromatic N) is 4. The predicted octanol–water partition coefficient (Wildman–Crippen LogP) is 4.55. The molecule has 0 aliphatic heterocycles. The summed E-state index contributed by atoms with van der Waals surface area (Å²) in [5.74, 6) is -0.958. The third-order valence-corrected chi connectivity index (χ3v) is 6.61. The van der Waals surface area contributed by atoms with Crippen molar-refractivity contribution < 1.29 is 31.1 Å². The minimum absolute atomic E-state index is 0.0950. The molecule has 8 nitrogen and oxygen atoms in total. The third-order valence-electron chi connectivity index (χ3n) is 4.61. The molecule has 3 aromatic heterocycles. The molecule has 0 saturated carbocycles. The van der Waals surface area contributed by atoms with E-state index in [1.807, 2.05) is 0 Å². The number of nitrogens with one attached hydrogen (secondary N) is 1. The molecular formula is C18H8ClF6N5O3S2. The second-order valence-electron chi connectivity index (χ2n) is 6.85. The van der Waals surface area contributed by atoms with Gasteiger partial charge in [0, 0.05) is 18.5 Å². The van der Waals surface area contributed by atoms with Crippen molar-refractivity contribution >= 4 is 55.6 Å². The second-order valence-corrected chi connectivity index (χ2v) is 9.25. The van der Waals surface area contributed by atoms with Crippen molar-refractivity contribution in [2.75, 3.05) is 5.32 Å². The summed E-state index contributed by atoms with van der Waals surface area (Å²) in [6, 6.07) is 4.09. The van der Waals surface area contributed by atoms with Gasteiger partial charge in [0.25, 0.3) is 11.5 Å². The molecule has 35 heavy (non-hydrogen) atoms. The van der Waals surface area contributed by atoms with Crippen LogP contribution in [-0.2, 0) is 19.4 Å². The molecule has 184 valence electrons. The van der Waals surface area contributed by atoms with E-state index in [2.05, 4.69) is 14.7 Å². The quantitative estimate of drug-likeness (QED) is 0.374. The number of thiazole rings is 1. The first-order chi connectivity index (χ1) is 16.2. The second kappa shape index (κ2) is 8.46. The van der Waals surface area contributed by atoms with Crippen LogP contribution in [0.25, 0.3) is 15.8 Å². The molecule has 1 aromatic carbocycles. The topological polar surface area (TPSA) is 98.9 Å². The van der Waals surface area contributed by atoms with Crippen LogP contribution in [0.15, 0.2) is 33.9 Å². The molecule has 1 amide bonds. The Kier molecular flexibility index (Phi) is 6.01. The highest BCUT2D eigenvalue weighted by atomic mass is 35.5. The maximum atomic E-state index is 13.1. The number of carbonyl (C=O) groups is 1. The number of carbonyl (C=O) groups excluding carboxylic acids is 1. The lowest BCUT2D eigenvalue weighted by Gasteiger charge is -2.14. The molecule has 4 rings (SSSR count). The number of hydrogen-bond acceptors (Lipinski definition) is 7. The molecule has 0 aliphatic rings. The van der Waals surface area contributed by atoms with Crippen LogP contribution in [0.3, 0.4) is 0 Å². The van der Waals surface area contributed by atoms with E-state index in [0.29, 0.717) is 20.6 Å². The molecule has 0 fully saturated rings. The van der Waals surface area contributed by atoms with E-state index in [1.165, 1.54) is 18.2 Å². The van der Waals surface area contributed by atoms with Crippen molar-refractivity contribution in [3.05, 3.63) is 66.5 Å². The molecule has 0 atom stereocenters. The van der Waals surface area contributed by atoms with Gasteiger partial charge in [-0.3, -0.25) is 19.5 Å². The first-order valence-corrected chi connectivity index (χ1v) is 11.0. The molecule has 0 aliphatic carbocycles. The Balaban J connectivity index is 1.76. The van der Waals surface area contributed by atoms with E-state index >= 15 is 0 Å². The summed E-state index contributed by atoms with van der Waals surface area (Å²) in [5.41, 5.74) is -5.78. The largest absolute Gasteiger partial charge is 0.435 e. The van der Waals surface area contributed by atoms with Crippen LogP contribution in [0.5, 0.6) is 0 Å². The van der Waals surface area contributed by atoms with Gasteiger partial charge in [0.1, 0.15) is 15.7 Å². The zero-order chi connectivity index (χ0) is 25.9. The molecule has 1 N–H and O–H groups in total. The van der Waals surface area contributed by atoms with Gasteiger partial charge in [0.15, 0.2) is 10.8 Å². The molecule has 0 radical (unpaired) electrons. The maximum absolute atomic E-state index is 13.1. The summed E-state index contributed by atoms with van der Waals surface area (Å²) < 4.78 is 82.3. The van der Waals surface area contributed by atoms with E-state index in [0.717, 1.165) is 18.6 Å². The monoisotopic (exact) mass is 555 g/mol. The van der Waals surface area contributed by atoms with Gasteiger partial charge in [-0.25, -0.2) is 14.3 Å². The number of alkyl halides is 6. The minimum Gasteiger partial charge on any atom is -0.296 e. The Morgan fingerprint density at radius 3 is 2.37 bits per heavy atom. The van der Waals surface area contributed by atoms with Gasteiger partial charge in [-0.1, -0.05) is 22.9 Å². The lowest BCUT2D eigenvalue weighted by Crippen LogP contribution is -2.40. The standard InChI is InChI=1S/C18H8ClF6N5O3S2/c1-29-9(17(20,21)22)5-10(31)30(16(29)33)6-2-3-8-7(4-6)11(28-35-8)14(32)27-15-26-12(13(19)34-15)18(23,24)25/h2-5H,1H3,(H,26,27,32). The van der Waals surface area contributed by atoms with Gasteiger partial charge in [0.2, 0.25) is 0 Å². The molecule has 3 heterocycles. The summed E-state index contributed by atoms with van der Waals surface area (Å²) >= 11 is 6.75. The van der Waals surface area contributed by atoms with Gasteiger partial charge >= 0.3 is 18.0 Å². The first-order valence-electron chi connectivity index (χ1n) is 9.03. The SMILES string of the molecule is Cn1c(C(F)(F)F)cc(=O)n(-c2ccc3snc(C(=O)Nc4nc(C(F)(F)F)c(Cl)s4)c3c2)c1=O. The Hall–Kier alpha value is -3.24. The molecule has 0 spiro atoms. The van der Waals surface area contributed by atoms with Crippen molar-refractivity contribution in [2.45, 2.75) is 12.4 Å². The van der Waals surface area contributed by atoms with Crippen molar-refractivity contribution in [2.24, 2.45) is 7.05 Å². The van der Waals surface area contributed by atoms with Gasteiger partial charge in [-0.2, -0.15) is 30.7 Å². The average Bonchev–Trinajstić information content (AvgIpc) is 3.32. The number of anilines is 1. The Labute approximate surface area is 202 Å².